The summed E-state index contributed by atoms with van der Waals surface area (Å²) >= 11 is 0. The van der Waals surface area contributed by atoms with Gasteiger partial charge in [0.1, 0.15) is 5.82 Å². The highest BCUT2D eigenvalue weighted by atomic mass is 19.1. The normalized spacial score (nSPS) is 27.5. The van der Waals surface area contributed by atoms with Gasteiger partial charge in [0.15, 0.2) is 0 Å². The lowest BCUT2D eigenvalue weighted by molar-refractivity contribution is -0.139. The molecule has 0 saturated heterocycles. The maximum Gasteiger partial charge on any atom is 0.333 e. The molecule has 2 saturated carbocycles. The Balaban J connectivity index is 1.50. The number of benzene rings is 1. The first kappa shape index (κ1) is 17.2. The van der Waals surface area contributed by atoms with Crippen molar-refractivity contribution in [3.05, 3.63) is 54.0 Å². The third kappa shape index (κ3) is 3.02. The number of carbonyl (C=O) groups excluding carboxylic acids is 1. The van der Waals surface area contributed by atoms with Crippen molar-refractivity contribution in [1.82, 2.24) is 4.98 Å². The lowest BCUT2D eigenvalue weighted by Crippen LogP contribution is -2.14. The summed E-state index contributed by atoms with van der Waals surface area (Å²) in [5.74, 6) is 1.44. The molecule has 4 atom stereocenters. The first-order valence-electron chi connectivity index (χ1n) is 9.47. The standard InChI is InChI=1S/C22H24FNO2/c1-3-26-22(25)13(2)14-8-15-10-17(11-16(15)9-14)19-6-7-24-21-5-4-18(23)12-20(19)21/h4-7,12,14-17H,2-3,8-11H2,1H3/t14-,15-,16?,17+/m0/s1. The van der Waals surface area contributed by atoms with Gasteiger partial charge in [-0.3, -0.25) is 4.98 Å². The van der Waals surface area contributed by atoms with Crippen molar-refractivity contribution >= 4 is 16.9 Å². The van der Waals surface area contributed by atoms with Crippen LogP contribution in [0.25, 0.3) is 10.9 Å². The third-order valence-corrected chi connectivity index (χ3v) is 6.22. The predicted molar refractivity (Wildman–Crippen MR) is 99.2 cm³/mol. The van der Waals surface area contributed by atoms with Gasteiger partial charge in [-0.1, -0.05) is 6.58 Å². The minimum Gasteiger partial charge on any atom is -0.463 e. The molecule has 0 amide bonds. The Morgan fingerprint density at radius 2 is 1.96 bits per heavy atom. The van der Waals surface area contributed by atoms with Gasteiger partial charge in [0.2, 0.25) is 0 Å². The third-order valence-electron chi connectivity index (χ3n) is 6.22. The monoisotopic (exact) mass is 353 g/mol. The van der Waals surface area contributed by atoms with Gasteiger partial charge in [0.05, 0.1) is 12.1 Å². The molecule has 0 radical (unpaired) electrons. The molecule has 0 N–H and O–H groups in total. The number of esters is 1. The highest BCUT2D eigenvalue weighted by molar-refractivity contribution is 5.88. The van der Waals surface area contributed by atoms with Crippen LogP contribution in [0.15, 0.2) is 42.6 Å². The molecule has 2 fully saturated rings. The zero-order chi connectivity index (χ0) is 18.3. The van der Waals surface area contributed by atoms with Crippen LogP contribution in [-0.2, 0) is 9.53 Å². The Hall–Kier alpha value is -2.23. The number of fused-ring (bicyclic) bond motifs is 2. The molecule has 136 valence electrons. The summed E-state index contributed by atoms with van der Waals surface area (Å²) in [6.07, 6.45) is 6.03. The summed E-state index contributed by atoms with van der Waals surface area (Å²) in [6.45, 7) is 6.20. The Labute approximate surface area is 153 Å². The van der Waals surface area contributed by atoms with Gasteiger partial charge in [-0.2, -0.15) is 0 Å². The van der Waals surface area contributed by atoms with E-state index in [0.717, 1.165) is 36.6 Å². The summed E-state index contributed by atoms with van der Waals surface area (Å²) < 4.78 is 18.8. The van der Waals surface area contributed by atoms with E-state index in [1.54, 1.807) is 12.1 Å². The predicted octanol–water partition coefficient (Wildman–Crippen LogP) is 5.01. The average Bonchev–Trinajstić information content (AvgIpc) is 3.19. The zero-order valence-electron chi connectivity index (χ0n) is 15.1. The molecule has 2 aromatic rings. The van der Waals surface area contributed by atoms with Crippen LogP contribution in [0.3, 0.4) is 0 Å². The van der Waals surface area contributed by atoms with Gasteiger partial charge >= 0.3 is 5.97 Å². The van der Waals surface area contributed by atoms with Crippen molar-refractivity contribution in [3.63, 3.8) is 0 Å². The maximum atomic E-state index is 13.7. The fourth-order valence-electron chi connectivity index (χ4n) is 5.04. The number of ether oxygens (including phenoxy) is 1. The van der Waals surface area contributed by atoms with Crippen LogP contribution in [0.2, 0.25) is 0 Å². The summed E-state index contributed by atoms with van der Waals surface area (Å²) in [4.78, 5) is 16.3. The molecule has 2 aliphatic carbocycles. The SMILES string of the molecule is C=C(C(=O)OCC)[C@@H]1CC2C[C@H](c3ccnc4ccc(F)cc34)C[C@@H]2C1. The van der Waals surface area contributed by atoms with Crippen LogP contribution in [0.5, 0.6) is 0 Å². The van der Waals surface area contributed by atoms with Crippen molar-refractivity contribution in [2.24, 2.45) is 17.8 Å². The average molecular weight is 353 g/mol. The van der Waals surface area contributed by atoms with Crippen LogP contribution in [0.1, 0.15) is 44.1 Å². The van der Waals surface area contributed by atoms with E-state index in [-0.39, 0.29) is 17.7 Å². The van der Waals surface area contributed by atoms with Gasteiger partial charge in [0.25, 0.3) is 0 Å². The summed E-state index contributed by atoms with van der Waals surface area (Å²) in [7, 11) is 0. The van der Waals surface area contributed by atoms with Gasteiger partial charge < -0.3 is 4.74 Å². The summed E-state index contributed by atoms with van der Waals surface area (Å²) in [6, 6.07) is 6.87. The minimum absolute atomic E-state index is 0.212. The van der Waals surface area contributed by atoms with E-state index in [4.69, 9.17) is 4.74 Å². The van der Waals surface area contributed by atoms with E-state index in [0.29, 0.717) is 29.9 Å². The molecule has 3 nitrogen and oxygen atoms in total. The zero-order valence-corrected chi connectivity index (χ0v) is 15.1. The van der Waals surface area contributed by atoms with Crippen molar-refractivity contribution in [2.75, 3.05) is 6.61 Å². The number of nitrogens with zero attached hydrogens (tertiary/aromatic N) is 1. The lowest BCUT2D eigenvalue weighted by atomic mass is 9.88. The molecular weight excluding hydrogens is 329 g/mol. The van der Waals surface area contributed by atoms with Crippen molar-refractivity contribution in [1.29, 1.82) is 0 Å². The molecule has 0 aliphatic heterocycles. The summed E-state index contributed by atoms with van der Waals surface area (Å²) in [5.41, 5.74) is 2.70. The van der Waals surface area contributed by atoms with Crippen LogP contribution in [0.4, 0.5) is 4.39 Å². The Bertz CT molecular complexity index is 848. The molecule has 1 heterocycles. The van der Waals surface area contributed by atoms with Crippen LogP contribution >= 0.6 is 0 Å². The number of halogens is 1. The molecule has 1 aromatic heterocycles. The smallest absolute Gasteiger partial charge is 0.333 e. The van der Waals surface area contributed by atoms with Crippen LogP contribution in [0, 0.1) is 23.6 Å². The van der Waals surface area contributed by atoms with Gasteiger partial charge in [-0.05, 0) is 86.1 Å². The molecule has 26 heavy (non-hydrogen) atoms. The van der Waals surface area contributed by atoms with Gasteiger partial charge in [0, 0.05) is 17.2 Å². The van der Waals surface area contributed by atoms with Crippen molar-refractivity contribution in [2.45, 2.75) is 38.5 Å². The number of carbonyl (C=O) groups is 1. The van der Waals surface area contributed by atoms with E-state index >= 15 is 0 Å². The van der Waals surface area contributed by atoms with Crippen LogP contribution < -0.4 is 0 Å². The maximum absolute atomic E-state index is 13.7. The second kappa shape index (κ2) is 6.82. The number of rotatable bonds is 4. The molecule has 0 bridgehead atoms. The van der Waals surface area contributed by atoms with E-state index in [2.05, 4.69) is 11.6 Å². The highest BCUT2D eigenvalue weighted by Crippen LogP contribution is 2.54. The topological polar surface area (TPSA) is 39.2 Å². The van der Waals surface area contributed by atoms with Crippen molar-refractivity contribution in [3.8, 4) is 0 Å². The first-order chi connectivity index (χ1) is 12.6. The molecular formula is C22H24FNO2. The van der Waals surface area contributed by atoms with Crippen molar-refractivity contribution < 1.29 is 13.9 Å². The number of aromatic nitrogens is 1. The van der Waals surface area contributed by atoms with E-state index < -0.39 is 0 Å². The molecule has 4 heteroatoms. The first-order valence-corrected chi connectivity index (χ1v) is 9.47. The van der Waals surface area contributed by atoms with Gasteiger partial charge in [-0.25, -0.2) is 9.18 Å². The Kier molecular flexibility index (Phi) is 4.51. The van der Waals surface area contributed by atoms with Gasteiger partial charge in [-0.15, -0.1) is 0 Å². The fourth-order valence-corrected chi connectivity index (χ4v) is 5.04. The summed E-state index contributed by atoms with van der Waals surface area (Å²) in [5, 5.41) is 0.935. The number of hydrogen-bond acceptors (Lipinski definition) is 3. The number of hydrogen-bond donors (Lipinski definition) is 0. The minimum atomic E-state index is -0.246. The fraction of sp³-hybridized carbons (Fsp3) is 0.455. The largest absolute Gasteiger partial charge is 0.463 e. The highest BCUT2D eigenvalue weighted by Gasteiger charge is 2.44. The van der Waals surface area contributed by atoms with E-state index in [9.17, 15) is 9.18 Å². The molecule has 2 aliphatic rings. The van der Waals surface area contributed by atoms with E-state index in [1.807, 2.05) is 19.2 Å². The molecule has 1 unspecified atom stereocenters. The molecule has 0 spiro atoms. The second-order valence-electron chi connectivity index (χ2n) is 7.66. The van der Waals surface area contributed by atoms with Crippen LogP contribution in [-0.4, -0.2) is 17.6 Å². The quantitative estimate of drug-likeness (QED) is 0.573. The Morgan fingerprint density at radius 1 is 1.23 bits per heavy atom. The number of pyridine rings is 1. The Morgan fingerprint density at radius 3 is 2.65 bits per heavy atom. The molecule has 1 aromatic carbocycles. The van der Waals surface area contributed by atoms with E-state index in [1.165, 1.54) is 11.6 Å². The second-order valence-corrected chi connectivity index (χ2v) is 7.66. The lowest BCUT2D eigenvalue weighted by Gasteiger charge is -2.17. The molecule has 4 rings (SSSR count).